The van der Waals surface area contributed by atoms with Crippen LogP contribution >= 0.6 is 0 Å². The van der Waals surface area contributed by atoms with Gasteiger partial charge in [0.25, 0.3) is 0 Å². The SMILES string of the molecule is CN=C(NCc1ccc(COCC(F)(F)F)cc1)N1CCC(NC(=O)OC(C)(C)C)C1. The van der Waals surface area contributed by atoms with Crippen molar-refractivity contribution in [3.63, 3.8) is 0 Å². The molecule has 1 aromatic rings. The molecule has 7 nitrogen and oxygen atoms in total. The molecule has 1 saturated heterocycles. The van der Waals surface area contributed by atoms with Crippen LogP contribution in [0.2, 0.25) is 0 Å². The minimum absolute atomic E-state index is 0.0237. The van der Waals surface area contributed by atoms with Gasteiger partial charge in [-0.1, -0.05) is 24.3 Å². The zero-order valence-corrected chi connectivity index (χ0v) is 18.4. The number of hydrogen-bond acceptors (Lipinski definition) is 4. The minimum atomic E-state index is -4.32. The molecule has 1 amide bonds. The van der Waals surface area contributed by atoms with E-state index in [9.17, 15) is 18.0 Å². The average Bonchev–Trinajstić information content (AvgIpc) is 3.09. The van der Waals surface area contributed by atoms with Gasteiger partial charge in [0.2, 0.25) is 0 Å². The molecule has 0 aliphatic carbocycles. The molecule has 174 valence electrons. The number of halogens is 3. The van der Waals surface area contributed by atoms with Crippen LogP contribution in [0.1, 0.15) is 38.3 Å². The van der Waals surface area contributed by atoms with Gasteiger partial charge in [-0.3, -0.25) is 4.99 Å². The summed E-state index contributed by atoms with van der Waals surface area (Å²) >= 11 is 0. The van der Waals surface area contributed by atoms with Gasteiger partial charge < -0.3 is 25.0 Å². The van der Waals surface area contributed by atoms with E-state index in [0.717, 1.165) is 18.5 Å². The zero-order valence-electron chi connectivity index (χ0n) is 18.4. The smallest absolute Gasteiger partial charge is 0.411 e. The van der Waals surface area contributed by atoms with Gasteiger partial charge in [-0.05, 0) is 38.3 Å². The molecule has 1 aromatic carbocycles. The Hall–Kier alpha value is -2.49. The Bertz CT molecular complexity index is 746. The zero-order chi connectivity index (χ0) is 23.1. The largest absolute Gasteiger partial charge is 0.444 e. The molecule has 2 N–H and O–H groups in total. The van der Waals surface area contributed by atoms with Crippen LogP contribution in [-0.4, -0.2) is 61.5 Å². The fourth-order valence-corrected chi connectivity index (χ4v) is 3.10. The van der Waals surface area contributed by atoms with Crippen molar-refractivity contribution in [2.75, 3.05) is 26.7 Å². The number of alkyl halides is 3. The molecule has 1 heterocycles. The van der Waals surface area contributed by atoms with E-state index >= 15 is 0 Å². The number of amides is 1. The van der Waals surface area contributed by atoms with Crippen LogP contribution in [0.4, 0.5) is 18.0 Å². The lowest BCUT2D eigenvalue weighted by Crippen LogP contribution is -2.44. The number of aliphatic imine (C=N–C) groups is 1. The maximum Gasteiger partial charge on any atom is 0.411 e. The second-order valence-corrected chi connectivity index (χ2v) is 8.40. The number of benzene rings is 1. The quantitative estimate of drug-likeness (QED) is 0.519. The maximum absolute atomic E-state index is 12.1. The number of nitrogens with zero attached hydrogens (tertiary/aromatic N) is 2. The molecule has 2 rings (SSSR count). The van der Waals surface area contributed by atoms with Gasteiger partial charge in [0.15, 0.2) is 5.96 Å². The summed E-state index contributed by atoms with van der Waals surface area (Å²) in [6, 6.07) is 7.14. The average molecular weight is 444 g/mol. The molecule has 0 aromatic heterocycles. The second-order valence-electron chi connectivity index (χ2n) is 8.40. The summed E-state index contributed by atoms with van der Waals surface area (Å²) in [5.74, 6) is 0.714. The Kier molecular flexibility index (Phi) is 8.55. The molecule has 0 radical (unpaired) electrons. The molecular weight excluding hydrogens is 413 g/mol. The number of carbonyl (C=O) groups is 1. The van der Waals surface area contributed by atoms with E-state index in [1.165, 1.54) is 0 Å². The fourth-order valence-electron chi connectivity index (χ4n) is 3.10. The van der Waals surface area contributed by atoms with E-state index in [1.807, 2.05) is 32.9 Å². The first kappa shape index (κ1) is 24.8. The molecule has 1 fully saturated rings. The fraction of sp³-hybridized carbons (Fsp3) is 0.619. The molecule has 1 atom stereocenters. The highest BCUT2D eigenvalue weighted by Gasteiger charge is 2.28. The summed E-state index contributed by atoms with van der Waals surface area (Å²) in [7, 11) is 1.69. The highest BCUT2D eigenvalue weighted by molar-refractivity contribution is 5.80. The summed E-state index contributed by atoms with van der Waals surface area (Å²) in [4.78, 5) is 18.3. The molecule has 0 bridgehead atoms. The minimum Gasteiger partial charge on any atom is -0.444 e. The third kappa shape index (κ3) is 9.46. The van der Waals surface area contributed by atoms with Crippen molar-refractivity contribution in [3.8, 4) is 0 Å². The van der Waals surface area contributed by atoms with E-state index < -0.39 is 24.5 Å². The number of guanidine groups is 1. The number of alkyl carbamates (subject to hydrolysis) is 1. The van der Waals surface area contributed by atoms with Gasteiger partial charge in [0, 0.05) is 26.7 Å². The van der Waals surface area contributed by atoms with Crippen molar-refractivity contribution in [1.29, 1.82) is 0 Å². The summed E-state index contributed by atoms with van der Waals surface area (Å²) in [5, 5.41) is 6.16. The van der Waals surface area contributed by atoms with Crippen LogP contribution in [0.15, 0.2) is 29.3 Å². The van der Waals surface area contributed by atoms with E-state index in [4.69, 9.17) is 4.74 Å². The number of nitrogens with one attached hydrogen (secondary N) is 2. The molecule has 10 heteroatoms. The summed E-state index contributed by atoms with van der Waals surface area (Å²) < 4.78 is 46.4. The number of hydrogen-bond donors (Lipinski definition) is 2. The number of rotatable bonds is 6. The van der Waals surface area contributed by atoms with E-state index in [2.05, 4.69) is 25.3 Å². The maximum atomic E-state index is 12.1. The lowest BCUT2D eigenvalue weighted by atomic mass is 10.1. The third-order valence-corrected chi connectivity index (χ3v) is 4.43. The lowest BCUT2D eigenvalue weighted by molar-refractivity contribution is -0.176. The summed E-state index contributed by atoms with van der Waals surface area (Å²) in [6.07, 6.45) is -3.97. The standard InChI is InChI=1S/C21H31F3N4O3/c1-20(2,3)31-19(29)27-17-9-10-28(12-17)18(25-4)26-11-15-5-7-16(8-6-15)13-30-14-21(22,23)24/h5-8,17H,9-14H2,1-4H3,(H,25,26)(H,27,29). The molecule has 0 spiro atoms. The van der Waals surface area contributed by atoms with Gasteiger partial charge >= 0.3 is 12.3 Å². The molecule has 1 unspecified atom stereocenters. The highest BCUT2D eigenvalue weighted by Crippen LogP contribution is 2.16. The molecule has 0 saturated carbocycles. The van der Waals surface area contributed by atoms with Gasteiger partial charge in [0.05, 0.1) is 12.6 Å². The van der Waals surface area contributed by atoms with E-state index in [-0.39, 0.29) is 12.6 Å². The second kappa shape index (κ2) is 10.7. The van der Waals surface area contributed by atoms with E-state index in [1.54, 1.807) is 19.2 Å². The predicted octanol–water partition coefficient (Wildman–Crippen LogP) is 3.44. The predicted molar refractivity (Wildman–Crippen MR) is 112 cm³/mol. The van der Waals surface area contributed by atoms with Gasteiger partial charge in [-0.25, -0.2) is 4.79 Å². The van der Waals surface area contributed by atoms with Crippen LogP contribution in [0.3, 0.4) is 0 Å². The molecular formula is C21H31F3N4O3. The molecule has 31 heavy (non-hydrogen) atoms. The van der Waals surface area contributed by atoms with Crippen molar-refractivity contribution >= 4 is 12.1 Å². The van der Waals surface area contributed by atoms with Gasteiger partial charge in [0.1, 0.15) is 12.2 Å². The summed E-state index contributed by atoms with van der Waals surface area (Å²) in [6.45, 7) is 5.99. The first-order valence-electron chi connectivity index (χ1n) is 10.1. The molecule has 1 aliphatic rings. The molecule has 1 aliphatic heterocycles. The number of likely N-dealkylation sites (tertiary alicyclic amines) is 1. The number of carbonyl (C=O) groups excluding carboxylic acids is 1. The van der Waals surface area contributed by atoms with Crippen molar-refractivity contribution in [1.82, 2.24) is 15.5 Å². The van der Waals surface area contributed by atoms with Gasteiger partial charge in [-0.15, -0.1) is 0 Å². The Labute approximate surface area is 181 Å². The number of ether oxygens (including phenoxy) is 2. The first-order chi connectivity index (χ1) is 14.4. The van der Waals surface area contributed by atoms with Crippen molar-refractivity contribution in [3.05, 3.63) is 35.4 Å². The topological polar surface area (TPSA) is 75.2 Å². The van der Waals surface area contributed by atoms with Crippen LogP contribution in [-0.2, 0) is 22.6 Å². The third-order valence-electron chi connectivity index (χ3n) is 4.43. The Morgan fingerprint density at radius 2 is 1.84 bits per heavy atom. The van der Waals surface area contributed by atoms with Crippen LogP contribution in [0.25, 0.3) is 0 Å². The van der Waals surface area contributed by atoms with Crippen LogP contribution < -0.4 is 10.6 Å². The first-order valence-corrected chi connectivity index (χ1v) is 10.1. The Morgan fingerprint density at radius 1 is 1.19 bits per heavy atom. The van der Waals surface area contributed by atoms with Gasteiger partial charge in [-0.2, -0.15) is 13.2 Å². The van der Waals surface area contributed by atoms with Crippen LogP contribution in [0.5, 0.6) is 0 Å². The lowest BCUT2D eigenvalue weighted by Gasteiger charge is -2.23. The van der Waals surface area contributed by atoms with Crippen molar-refractivity contribution < 1.29 is 27.4 Å². The van der Waals surface area contributed by atoms with Crippen molar-refractivity contribution in [2.24, 2.45) is 4.99 Å². The van der Waals surface area contributed by atoms with Crippen LogP contribution in [0, 0.1) is 0 Å². The Morgan fingerprint density at radius 3 is 2.42 bits per heavy atom. The highest BCUT2D eigenvalue weighted by atomic mass is 19.4. The van der Waals surface area contributed by atoms with E-state index in [0.29, 0.717) is 24.6 Å². The van der Waals surface area contributed by atoms with Crippen molar-refractivity contribution in [2.45, 2.75) is 58.2 Å². The Balaban J connectivity index is 1.77. The monoisotopic (exact) mass is 444 g/mol. The normalized spacial score (nSPS) is 17.6. The summed E-state index contributed by atoms with van der Waals surface area (Å²) in [5.41, 5.74) is 1.09.